The fourth-order valence-electron chi connectivity index (χ4n) is 3.46. The molecule has 3 N–H and O–H groups in total. The zero-order chi connectivity index (χ0) is 22.6. The first-order chi connectivity index (χ1) is 14.0. The summed E-state index contributed by atoms with van der Waals surface area (Å²) in [4.78, 5) is 24.6. The number of piperidine rings is 1. The molecule has 7 nitrogen and oxygen atoms in total. The van der Waals surface area contributed by atoms with Gasteiger partial charge in [0.25, 0.3) is 5.91 Å². The number of ether oxygens (including phenoxy) is 1. The number of nitrogens with one attached hydrogen (secondary N) is 1. The van der Waals surface area contributed by atoms with E-state index in [-0.39, 0.29) is 40.8 Å². The van der Waals surface area contributed by atoms with Gasteiger partial charge in [0.2, 0.25) is 6.10 Å². The number of phenolic OH excluding ortho intramolecular Hbond substituents is 1. The Balaban J connectivity index is 2.04. The molecule has 0 radical (unpaired) electrons. The summed E-state index contributed by atoms with van der Waals surface area (Å²) in [5.74, 6) is -3.50. The number of rotatable bonds is 6. The SMILES string of the molecule is CNC(c1cc(Cl)c(Cl)cc1O)C1CCN(C(=O)[C@@H](CO)OC(=O)C(F)(F)F)CC1. The molecule has 0 aliphatic carbocycles. The molecule has 2 atom stereocenters. The standard InChI is InChI=1S/C18H21Cl2F3N2O5/c1-24-15(10-6-11(19)12(20)7-13(10)27)9-2-4-25(5-3-9)16(28)14(8-26)30-17(29)18(21,22)23/h6-7,9,14-15,24,26-27H,2-5,8H2,1H3/t14-,15?/m1/s1. The van der Waals surface area contributed by atoms with Crippen LogP contribution in [0.2, 0.25) is 10.0 Å². The molecule has 1 fully saturated rings. The lowest BCUT2D eigenvalue weighted by Crippen LogP contribution is -2.48. The van der Waals surface area contributed by atoms with E-state index in [0.717, 1.165) is 0 Å². The number of alkyl halides is 3. The van der Waals surface area contributed by atoms with Crippen molar-refractivity contribution in [1.82, 2.24) is 10.2 Å². The van der Waals surface area contributed by atoms with Gasteiger partial charge in [0.05, 0.1) is 16.7 Å². The van der Waals surface area contributed by atoms with Crippen molar-refractivity contribution in [3.8, 4) is 5.75 Å². The molecular formula is C18H21Cl2F3N2O5. The summed E-state index contributed by atoms with van der Waals surface area (Å²) in [5.41, 5.74) is 0.531. The van der Waals surface area contributed by atoms with Gasteiger partial charge in [-0.05, 0) is 31.9 Å². The van der Waals surface area contributed by atoms with Crippen LogP contribution in [0.4, 0.5) is 13.2 Å². The fraction of sp³-hybridized carbons (Fsp3) is 0.556. The van der Waals surface area contributed by atoms with Gasteiger partial charge in [0.15, 0.2) is 0 Å². The molecule has 0 bridgehead atoms. The molecule has 30 heavy (non-hydrogen) atoms. The first-order valence-electron chi connectivity index (χ1n) is 9.02. The van der Waals surface area contributed by atoms with Gasteiger partial charge in [-0.15, -0.1) is 0 Å². The Labute approximate surface area is 180 Å². The lowest BCUT2D eigenvalue weighted by atomic mass is 9.85. The summed E-state index contributed by atoms with van der Waals surface area (Å²) in [5, 5.41) is 23.0. The zero-order valence-corrected chi connectivity index (χ0v) is 17.4. The number of carbonyl (C=O) groups excluding carboxylic acids is 2. The van der Waals surface area contributed by atoms with E-state index in [1.54, 1.807) is 13.1 Å². The number of aliphatic hydroxyl groups excluding tert-OH is 1. The van der Waals surface area contributed by atoms with E-state index in [2.05, 4.69) is 10.1 Å². The molecule has 1 aliphatic rings. The molecule has 2 rings (SSSR count). The van der Waals surface area contributed by atoms with Gasteiger partial charge in [-0.3, -0.25) is 4.79 Å². The van der Waals surface area contributed by atoms with Crippen LogP contribution < -0.4 is 5.32 Å². The molecule has 12 heteroatoms. The second kappa shape index (κ2) is 10.0. The molecule has 1 heterocycles. The largest absolute Gasteiger partial charge is 0.508 e. The fourth-order valence-corrected chi connectivity index (χ4v) is 3.79. The van der Waals surface area contributed by atoms with Crippen molar-refractivity contribution in [2.45, 2.75) is 31.2 Å². The van der Waals surface area contributed by atoms with Crippen molar-refractivity contribution < 1.29 is 37.7 Å². The number of amides is 1. The van der Waals surface area contributed by atoms with E-state index in [4.69, 9.17) is 23.2 Å². The Morgan fingerprint density at radius 1 is 1.27 bits per heavy atom. The number of halogens is 5. The maximum atomic E-state index is 12.4. The van der Waals surface area contributed by atoms with Crippen LogP contribution in [0.25, 0.3) is 0 Å². The minimum absolute atomic E-state index is 0.0347. The van der Waals surface area contributed by atoms with E-state index in [1.165, 1.54) is 11.0 Å². The smallest absolute Gasteiger partial charge is 0.490 e. The third kappa shape index (κ3) is 5.69. The Hall–Kier alpha value is -1.75. The quantitative estimate of drug-likeness (QED) is 0.550. The molecule has 1 aromatic rings. The number of hydrogen-bond acceptors (Lipinski definition) is 6. The topological polar surface area (TPSA) is 99.1 Å². The number of esters is 1. The second-order valence-corrected chi connectivity index (χ2v) is 7.64. The summed E-state index contributed by atoms with van der Waals surface area (Å²) in [6.45, 7) is -0.718. The van der Waals surface area contributed by atoms with E-state index >= 15 is 0 Å². The Morgan fingerprint density at radius 3 is 2.33 bits per heavy atom. The van der Waals surface area contributed by atoms with Gasteiger partial charge in [-0.2, -0.15) is 13.2 Å². The minimum Gasteiger partial charge on any atom is -0.508 e. The average molecular weight is 473 g/mol. The molecule has 168 valence electrons. The van der Waals surface area contributed by atoms with Crippen molar-refractivity contribution in [2.24, 2.45) is 5.92 Å². The number of aromatic hydroxyl groups is 1. The van der Waals surface area contributed by atoms with E-state index in [9.17, 15) is 33.0 Å². The number of likely N-dealkylation sites (tertiary alicyclic amines) is 1. The monoisotopic (exact) mass is 472 g/mol. The normalized spacial score (nSPS) is 17.5. The summed E-state index contributed by atoms with van der Waals surface area (Å²) in [7, 11) is 1.70. The van der Waals surface area contributed by atoms with Gasteiger partial charge in [-0.1, -0.05) is 23.2 Å². The van der Waals surface area contributed by atoms with Crippen LogP contribution >= 0.6 is 23.2 Å². The van der Waals surface area contributed by atoms with Crippen LogP contribution in [0.5, 0.6) is 5.75 Å². The number of benzene rings is 1. The molecule has 1 saturated heterocycles. The Bertz CT molecular complexity index is 786. The molecule has 1 amide bonds. The van der Waals surface area contributed by atoms with Gasteiger partial charge >= 0.3 is 12.1 Å². The van der Waals surface area contributed by atoms with E-state index in [0.29, 0.717) is 18.4 Å². The van der Waals surface area contributed by atoms with Gasteiger partial charge in [0.1, 0.15) is 5.75 Å². The molecular weight excluding hydrogens is 452 g/mol. The lowest BCUT2D eigenvalue weighted by molar-refractivity contribution is -0.208. The van der Waals surface area contributed by atoms with Crippen LogP contribution in [0, 0.1) is 5.92 Å². The van der Waals surface area contributed by atoms with Gasteiger partial charge in [-0.25, -0.2) is 4.79 Å². The van der Waals surface area contributed by atoms with Crippen molar-refractivity contribution in [1.29, 1.82) is 0 Å². The summed E-state index contributed by atoms with van der Waals surface area (Å²) in [6.07, 6.45) is -6.29. The number of phenols is 1. The van der Waals surface area contributed by atoms with E-state index in [1.807, 2.05) is 0 Å². The van der Waals surface area contributed by atoms with E-state index < -0.39 is 30.8 Å². The number of aliphatic hydroxyl groups is 1. The molecule has 0 aromatic heterocycles. The molecule has 1 unspecified atom stereocenters. The maximum absolute atomic E-state index is 12.4. The molecule has 0 saturated carbocycles. The predicted molar refractivity (Wildman–Crippen MR) is 102 cm³/mol. The lowest BCUT2D eigenvalue weighted by Gasteiger charge is -2.37. The Kier molecular flexibility index (Phi) is 8.20. The number of nitrogens with zero attached hydrogens (tertiary/aromatic N) is 1. The molecule has 0 spiro atoms. The molecule has 1 aromatic carbocycles. The van der Waals surface area contributed by atoms with Crippen molar-refractivity contribution in [3.05, 3.63) is 27.7 Å². The van der Waals surface area contributed by atoms with Crippen LogP contribution in [0.3, 0.4) is 0 Å². The number of carbonyl (C=O) groups is 2. The highest BCUT2D eigenvalue weighted by molar-refractivity contribution is 6.42. The highest BCUT2D eigenvalue weighted by Crippen LogP contribution is 2.39. The van der Waals surface area contributed by atoms with Gasteiger partial charge in [0, 0.05) is 30.8 Å². The maximum Gasteiger partial charge on any atom is 0.490 e. The first kappa shape index (κ1) is 24.5. The predicted octanol–water partition coefficient (Wildman–Crippen LogP) is 2.66. The zero-order valence-electron chi connectivity index (χ0n) is 15.9. The minimum atomic E-state index is -5.26. The van der Waals surface area contributed by atoms with Crippen LogP contribution in [0.1, 0.15) is 24.4 Å². The third-order valence-electron chi connectivity index (χ3n) is 4.96. The summed E-state index contributed by atoms with van der Waals surface area (Å²) < 4.78 is 41.2. The number of hydrogen-bond donors (Lipinski definition) is 3. The van der Waals surface area contributed by atoms with Crippen LogP contribution in [0.15, 0.2) is 12.1 Å². The van der Waals surface area contributed by atoms with Gasteiger partial charge < -0.3 is 25.2 Å². The van der Waals surface area contributed by atoms with Crippen molar-refractivity contribution in [2.75, 3.05) is 26.7 Å². The summed E-state index contributed by atoms with van der Waals surface area (Å²) in [6, 6.07) is 2.58. The Morgan fingerprint density at radius 2 is 1.83 bits per heavy atom. The second-order valence-electron chi connectivity index (χ2n) is 6.83. The first-order valence-corrected chi connectivity index (χ1v) is 9.77. The molecule has 1 aliphatic heterocycles. The highest BCUT2D eigenvalue weighted by Gasteiger charge is 2.44. The van der Waals surface area contributed by atoms with Crippen molar-refractivity contribution >= 4 is 35.1 Å². The highest BCUT2D eigenvalue weighted by atomic mass is 35.5. The third-order valence-corrected chi connectivity index (χ3v) is 5.68. The van der Waals surface area contributed by atoms with Crippen LogP contribution in [-0.4, -0.2) is 66.0 Å². The van der Waals surface area contributed by atoms with Crippen molar-refractivity contribution in [3.63, 3.8) is 0 Å². The average Bonchev–Trinajstić information content (AvgIpc) is 2.69. The van der Waals surface area contributed by atoms with Crippen LogP contribution in [-0.2, 0) is 14.3 Å². The summed E-state index contributed by atoms with van der Waals surface area (Å²) >= 11 is 11.9.